The molecular weight excluding hydrogens is 136 g/mol. The normalized spacial score (nSPS) is 36.0. The highest BCUT2D eigenvalue weighted by Gasteiger charge is 2.22. The maximum Gasteiger partial charge on any atom is 0.0409 e. The quantitative estimate of drug-likeness (QED) is 0.563. The summed E-state index contributed by atoms with van der Waals surface area (Å²) in [6.45, 7) is 1.08. The smallest absolute Gasteiger partial charge is 0.0409 e. The van der Waals surface area contributed by atoms with E-state index in [1.54, 1.807) is 0 Å². The Bertz CT molecular complexity index is 163. The lowest BCUT2D eigenvalue weighted by Crippen LogP contribution is -2.18. The predicted molar refractivity (Wildman–Crippen MR) is 46.6 cm³/mol. The second kappa shape index (κ2) is 3.24. The van der Waals surface area contributed by atoms with Gasteiger partial charge in [0.15, 0.2) is 0 Å². The van der Waals surface area contributed by atoms with Gasteiger partial charge in [0, 0.05) is 12.3 Å². The lowest BCUT2D eigenvalue weighted by Gasteiger charge is -2.14. The molecule has 0 aromatic heterocycles. The largest absolute Gasteiger partial charge is 0.310 e. The van der Waals surface area contributed by atoms with Crippen molar-refractivity contribution in [3.8, 4) is 0 Å². The maximum atomic E-state index is 4.41. The summed E-state index contributed by atoms with van der Waals surface area (Å²) in [4.78, 5) is 0. The lowest BCUT2D eigenvalue weighted by molar-refractivity contribution is 0.524. The van der Waals surface area contributed by atoms with Crippen molar-refractivity contribution in [2.45, 2.75) is 38.5 Å². The van der Waals surface area contributed by atoms with Crippen LogP contribution >= 0.6 is 0 Å². The molecule has 11 heavy (non-hydrogen) atoms. The molecule has 1 atom stereocenters. The van der Waals surface area contributed by atoms with Crippen LogP contribution < -0.4 is 5.43 Å². The summed E-state index contributed by atoms with van der Waals surface area (Å²) in [6.07, 6.45) is 8.08. The van der Waals surface area contributed by atoms with Crippen LogP contribution in [0.15, 0.2) is 5.10 Å². The molecule has 2 nitrogen and oxygen atoms in total. The van der Waals surface area contributed by atoms with Gasteiger partial charge < -0.3 is 5.43 Å². The van der Waals surface area contributed by atoms with E-state index in [1.165, 1.54) is 44.2 Å². The first-order valence-corrected chi connectivity index (χ1v) is 4.76. The molecule has 0 aromatic rings. The molecule has 1 N–H and O–H groups in total. The molecule has 0 amide bonds. The van der Waals surface area contributed by atoms with Gasteiger partial charge in [-0.25, -0.2) is 0 Å². The van der Waals surface area contributed by atoms with E-state index in [4.69, 9.17) is 0 Å². The molecule has 0 radical (unpaired) electrons. The van der Waals surface area contributed by atoms with Crippen LogP contribution in [0.3, 0.4) is 0 Å². The van der Waals surface area contributed by atoms with Crippen molar-refractivity contribution in [3.05, 3.63) is 0 Å². The fraction of sp³-hybridized carbons (Fsp3) is 0.889. The summed E-state index contributed by atoms with van der Waals surface area (Å²) < 4.78 is 0. The second-order valence-electron chi connectivity index (χ2n) is 3.60. The van der Waals surface area contributed by atoms with E-state index in [1.807, 2.05) is 0 Å². The Morgan fingerprint density at radius 3 is 3.09 bits per heavy atom. The number of nitrogens with zero attached hydrogens (tertiary/aromatic N) is 1. The number of rotatable bonds is 0. The molecule has 0 bridgehead atoms. The SMILES string of the molecule is C1CCC2CCC/C2=N/NC1. The van der Waals surface area contributed by atoms with Gasteiger partial charge in [0.05, 0.1) is 0 Å². The van der Waals surface area contributed by atoms with E-state index in [0.29, 0.717) is 0 Å². The summed E-state index contributed by atoms with van der Waals surface area (Å²) in [5.74, 6) is 0.836. The molecular formula is C9H16N2. The summed E-state index contributed by atoms with van der Waals surface area (Å²) in [7, 11) is 0. The van der Waals surface area contributed by atoms with Crippen LogP contribution in [-0.2, 0) is 0 Å². The van der Waals surface area contributed by atoms with Crippen LogP contribution in [0, 0.1) is 5.92 Å². The second-order valence-corrected chi connectivity index (χ2v) is 3.60. The Labute approximate surface area is 68.1 Å². The van der Waals surface area contributed by atoms with Crippen LogP contribution in [0.2, 0.25) is 0 Å². The van der Waals surface area contributed by atoms with Crippen molar-refractivity contribution >= 4 is 5.71 Å². The van der Waals surface area contributed by atoms with Gasteiger partial charge in [0.1, 0.15) is 0 Å². The molecule has 2 rings (SSSR count). The Kier molecular flexibility index (Phi) is 2.11. The van der Waals surface area contributed by atoms with Gasteiger partial charge in [0.2, 0.25) is 0 Å². The van der Waals surface area contributed by atoms with Crippen molar-refractivity contribution in [1.29, 1.82) is 0 Å². The van der Waals surface area contributed by atoms with Crippen molar-refractivity contribution in [2.75, 3.05) is 6.54 Å². The van der Waals surface area contributed by atoms with Crippen molar-refractivity contribution in [1.82, 2.24) is 5.43 Å². The zero-order chi connectivity index (χ0) is 7.52. The van der Waals surface area contributed by atoms with E-state index < -0.39 is 0 Å². The molecule has 1 heterocycles. The number of nitrogens with one attached hydrogen (secondary N) is 1. The van der Waals surface area contributed by atoms with E-state index in [9.17, 15) is 0 Å². The first-order valence-electron chi connectivity index (χ1n) is 4.76. The predicted octanol–water partition coefficient (Wildman–Crippen LogP) is 1.92. The molecule has 2 aliphatic rings. The zero-order valence-electron chi connectivity index (χ0n) is 6.97. The van der Waals surface area contributed by atoms with Gasteiger partial charge in [-0.15, -0.1) is 0 Å². The number of fused-ring (bicyclic) bond motifs is 1. The van der Waals surface area contributed by atoms with E-state index in [0.717, 1.165) is 12.5 Å². The summed E-state index contributed by atoms with van der Waals surface area (Å²) in [5, 5.41) is 4.41. The van der Waals surface area contributed by atoms with Crippen LogP contribution in [0.5, 0.6) is 0 Å². The molecule has 1 unspecified atom stereocenters. The molecule has 2 heteroatoms. The third-order valence-corrected chi connectivity index (χ3v) is 2.77. The highest BCUT2D eigenvalue weighted by Crippen LogP contribution is 2.27. The molecule has 1 aliphatic carbocycles. The minimum Gasteiger partial charge on any atom is -0.310 e. The van der Waals surface area contributed by atoms with Gasteiger partial charge in [-0.1, -0.05) is 6.42 Å². The monoisotopic (exact) mass is 152 g/mol. The van der Waals surface area contributed by atoms with Gasteiger partial charge in [0.25, 0.3) is 0 Å². The van der Waals surface area contributed by atoms with Gasteiger partial charge in [-0.2, -0.15) is 5.10 Å². The molecule has 0 aromatic carbocycles. The van der Waals surface area contributed by atoms with Gasteiger partial charge in [-0.05, 0) is 38.0 Å². The molecule has 0 saturated heterocycles. The van der Waals surface area contributed by atoms with Gasteiger partial charge in [-0.3, -0.25) is 0 Å². The molecule has 1 fully saturated rings. The first-order chi connectivity index (χ1) is 5.47. The van der Waals surface area contributed by atoms with Crippen molar-refractivity contribution < 1.29 is 0 Å². The van der Waals surface area contributed by atoms with E-state index in [-0.39, 0.29) is 0 Å². The first kappa shape index (κ1) is 7.14. The third-order valence-electron chi connectivity index (χ3n) is 2.77. The highest BCUT2D eigenvalue weighted by molar-refractivity contribution is 5.88. The standard InChI is InChI=1S/C9H16N2/c1-2-7-10-11-9-6-3-5-8(9)4-1/h8,10H,1-7H2/b11-9-. The average Bonchev–Trinajstić information content (AvgIpc) is 2.35. The van der Waals surface area contributed by atoms with E-state index in [2.05, 4.69) is 10.5 Å². The Morgan fingerprint density at radius 2 is 2.09 bits per heavy atom. The fourth-order valence-corrected chi connectivity index (χ4v) is 2.11. The van der Waals surface area contributed by atoms with Crippen molar-refractivity contribution in [2.24, 2.45) is 11.0 Å². The third kappa shape index (κ3) is 1.55. The number of hydrazone groups is 1. The summed E-state index contributed by atoms with van der Waals surface area (Å²) >= 11 is 0. The van der Waals surface area contributed by atoms with Crippen LogP contribution in [0.4, 0.5) is 0 Å². The summed E-state index contributed by atoms with van der Waals surface area (Å²) in [5.41, 5.74) is 4.60. The number of hydrogen-bond acceptors (Lipinski definition) is 2. The number of hydrogen-bond donors (Lipinski definition) is 1. The zero-order valence-corrected chi connectivity index (χ0v) is 6.97. The minimum atomic E-state index is 0.836. The lowest BCUT2D eigenvalue weighted by atomic mass is 9.99. The molecule has 1 aliphatic heterocycles. The van der Waals surface area contributed by atoms with Crippen LogP contribution in [0.25, 0.3) is 0 Å². The maximum absolute atomic E-state index is 4.41. The van der Waals surface area contributed by atoms with Crippen LogP contribution in [0.1, 0.15) is 38.5 Å². The molecule has 62 valence electrons. The topological polar surface area (TPSA) is 24.4 Å². The molecule has 0 spiro atoms. The summed E-state index contributed by atoms with van der Waals surface area (Å²) in [6, 6.07) is 0. The Hall–Kier alpha value is -0.530. The Balaban J connectivity index is 2.04. The van der Waals surface area contributed by atoms with Gasteiger partial charge >= 0.3 is 0 Å². The minimum absolute atomic E-state index is 0.836. The van der Waals surface area contributed by atoms with E-state index >= 15 is 0 Å². The fourth-order valence-electron chi connectivity index (χ4n) is 2.11. The van der Waals surface area contributed by atoms with Crippen LogP contribution in [-0.4, -0.2) is 12.3 Å². The molecule has 1 saturated carbocycles. The Morgan fingerprint density at radius 1 is 1.18 bits per heavy atom. The highest BCUT2D eigenvalue weighted by atomic mass is 15.3. The van der Waals surface area contributed by atoms with Crippen molar-refractivity contribution in [3.63, 3.8) is 0 Å². The average molecular weight is 152 g/mol.